The van der Waals surface area contributed by atoms with E-state index in [1.54, 1.807) is 0 Å². The van der Waals surface area contributed by atoms with E-state index < -0.39 is 5.97 Å². The normalized spacial score (nSPS) is 8.33. The second-order valence-electron chi connectivity index (χ2n) is 2.72. The van der Waals surface area contributed by atoms with Crippen LogP contribution in [0.4, 0.5) is 0 Å². The summed E-state index contributed by atoms with van der Waals surface area (Å²) < 4.78 is 0. The Morgan fingerprint density at radius 2 is 1.73 bits per heavy atom. The summed E-state index contributed by atoms with van der Waals surface area (Å²) in [5, 5.41) is 8.62. The number of carboxylic acid groups (broad SMARTS) is 1. The first-order chi connectivity index (χ1) is 6.70. The van der Waals surface area contributed by atoms with Gasteiger partial charge in [0.1, 0.15) is 0 Å². The zero-order valence-corrected chi connectivity index (χ0v) is 7.84. The smallest absolute Gasteiger partial charge is 0.0701 e. The Morgan fingerprint density at radius 3 is 2.33 bits per heavy atom. The molecule has 0 aliphatic carbocycles. The summed E-state index contributed by atoms with van der Waals surface area (Å²) in [6.45, 7) is 1.08. The monoisotopic (exact) mass is 229 g/mol. The van der Waals surface area contributed by atoms with E-state index >= 15 is 0 Å². The Balaban J connectivity index is 0.000000346. The molecule has 0 atom stereocenters. The zero-order valence-electron chi connectivity index (χ0n) is 7.84. The third kappa shape index (κ3) is 6.01. The Bertz CT molecular complexity index is 362. The van der Waals surface area contributed by atoms with E-state index in [0.717, 1.165) is 12.4 Å². The van der Waals surface area contributed by atoms with Crippen molar-refractivity contribution in [3.63, 3.8) is 0 Å². The Morgan fingerprint density at radius 1 is 1.20 bits per heavy atom. The van der Waals surface area contributed by atoms with Crippen molar-refractivity contribution < 1.29 is 9.90 Å². The molecule has 3 nitrogen and oxygen atoms in total. The van der Waals surface area contributed by atoms with Crippen LogP contribution in [0.1, 0.15) is 6.92 Å². The van der Waals surface area contributed by atoms with Crippen LogP contribution in [-0.2, 0) is 4.79 Å². The van der Waals surface area contributed by atoms with E-state index in [-0.39, 0.29) is 51.4 Å². The molecule has 4 heteroatoms. The van der Waals surface area contributed by atoms with Gasteiger partial charge in [0.25, 0.3) is 5.97 Å². The van der Waals surface area contributed by atoms with E-state index in [4.69, 9.17) is 9.90 Å². The molecule has 0 radical (unpaired) electrons. The first kappa shape index (κ1) is 14.7. The molecule has 1 heterocycles. The number of hydrogen-bond acceptors (Lipinski definition) is 2. The van der Waals surface area contributed by atoms with Crippen LogP contribution in [0.3, 0.4) is 0 Å². The minimum absolute atomic E-state index is 0. The Labute approximate surface area is 131 Å². The number of para-hydroxylation sites is 1. The topological polar surface area (TPSA) is 50.2 Å². The molecule has 0 saturated heterocycles. The van der Waals surface area contributed by atoms with Gasteiger partial charge < -0.3 is 5.11 Å². The molecule has 0 amide bonds. The van der Waals surface area contributed by atoms with Crippen molar-refractivity contribution in [3.8, 4) is 0 Å². The maximum atomic E-state index is 9.00. The van der Waals surface area contributed by atoms with Gasteiger partial charge in [0.15, 0.2) is 0 Å². The van der Waals surface area contributed by atoms with E-state index in [9.17, 15) is 0 Å². The summed E-state index contributed by atoms with van der Waals surface area (Å²) in [7, 11) is 0. The third-order valence-corrected chi connectivity index (χ3v) is 1.51. The fourth-order valence-corrected chi connectivity index (χ4v) is 1.02. The second kappa shape index (κ2) is 7.96. The van der Waals surface area contributed by atoms with Crippen molar-refractivity contribution in [2.45, 2.75) is 6.92 Å². The molecule has 2 rings (SSSR count). The maximum Gasteiger partial charge on any atom is 0.0701 e. The SMILES string of the molecule is CC(=O)O.[KH].c1ccc2ncccc2c1. The Hall–Kier alpha value is -0.264. The van der Waals surface area contributed by atoms with E-state index in [0.29, 0.717) is 0 Å². The van der Waals surface area contributed by atoms with Crippen LogP contribution in [0.15, 0.2) is 42.6 Å². The third-order valence-electron chi connectivity index (χ3n) is 1.51. The van der Waals surface area contributed by atoms with Gasteiger partial charge in [-0.15, -0.1) is 0 Å². The van der Waals surface area contributed by atoms with Crippen LogP contribution in [0.25, 0.3) is 10.9 Å². The summed E-state index contributed by atoms with van der Waals surface area (Å²) in [5.74, 6) is -0.833. The minimum Gasteiger partial charge on any atom is -0.256 e. The average Bonchev–Trinajstić information content (AvgIpc) is 2.17. The second-order valence-corrected chi connectivity index (χ2v) is 2.72. The van der Waals surface area contributed by atoms with Gasteiger partial charge >= 0.3 is 51.4 Å². The number of benzene rings is 1. The zero-order chi connectivity index (χ0) is 10.4. The van der Waals surface area contributed by atoms with Gasteiger partial charge in [-0.25, -0.2) is 0 Å². The van der Waals surface area contributed by atoms with Crippen LogP contribution in [-0.4, -0.2) is 67.4 Å². The molecule has 15 heavy (non-hydrogen) atoms. The summed E-state index contributed by atoms with van der Waals surface area (Å²) in [4.78, 5) is 13.2. The predicted molar refractivity (Wildman–Crippen MR) is 62.2 cm³/mol. The molecule has 0 saturated carbocycles. The van der Waals surface area contributed by atoms with Crippen molar-refractivity contribution in [2.75, 3.05) is 0 Å². The molecule has 0 unspecified atom stereocenters. The van der Waals surface area contributed by atoms with E-state index in [1.807, 2.05) is 30.5 Å². The number of aliphatic carboxylic acids is 1. The number of carbonyl (C=O) groups is 1. The molecule has 74 valence electrons. The summed E-state index contributed by atoms with van der Waals surface area (Å²) in [6.07, 6.45) is 1.81. The largest absolute Gasteiger partial charge is 0.256 e. The van der Waals surface area contributed by atoms with Gasteiger partial charge in [-0.3, -0.25) is 9.78 Å². The molecule has 0 aliphatic heterocycles. The quantitative estimate of drug-likeness (QED) is 0.699. The number of pyridine rings is 1. The first-order valence-corrected chi connectivity index (χ1v) is 4.19. The van der Waals surface area contributed by atoms with Gasteiger partial charge in [0, 0.05) is 18.5 Å². The molecule has 2 aromatic rings. The standard InChI is InChI=1S/C9H7N.C2H4O2.K.H/c1-2-6-9-8(4-1)5-3-7-10-9;1-2(3)4;;/h1-7H;1H3,(H,3,4);;. The van der Waals surface area contributed by atoms with Gasteiger partial charge in [-0.2, -0.15) is 0 Å². The molecule has 1 N–H and O–H groups in total. The molecular weight excluding hydrogens is 217 g/mol. The van der Waals surface area contributed by atoms with Crippen LogP contribution in [0, 0.1) is 0 Å². The van der Waals surface area contributed by atoms with Crippen LogP contribution in [0.5, 0.6) is 0 Å². The van der Waals surface area contributed by atoms with Crippen molar-refractivity contribution in [2.24, 2.45) is 0 Å². The fourth-order valence-electron chi connectivity index (χ4n) is 1.02. The number of rotatable bonds is 0. The summed E-state index contributed by atoms with van der Waals surface area (Å²) >= 11 is 0. The number of carboxylic acids is 1. The van der Waals surface area contributed by atoms with E-state index in [2.05, 4.69) is 17.1 Å². The number of aromatic nitrogens is 1. The molecule has 0 spiro atoms. The van der Waals surface area contributed by atoms with Gasteiger partial charge in [-0.05, 0) is 12.1 Å². The van der Waals surface area contributed by atoms with E-state index in [1.165, 1.54) is 5.39 Å². The van der Waals surface area contributed by atoms with Crippen molar-refractivity contribution in [1.82, 2.24) is 4.98 Å². The number of fused-ring (bicyclic) bond motifs is 1. The van der Waals surface area contributed by atoms with Crippen LogP contribution in [0.2, 0.25) is 0 Å². The van der Waals surface area contributed by atoms with Crippen LogP contribution < -0.4 is 0 Å². The van der Waals surface area contributed by atoms with Gasteiger partial charge in [-0.1, -0.05) is 24.3 Å². The minimum atomic E-state index is -0.833. The molecule has 0 fully saturated rings. The predicted octanol–water partition coefficient (Wildman–Crippen LogP) is 1.68. The molecule has 1 aromatic heterocycles. The van der Waals surface area contributed by atoms with Crippen molar-refractivity contribution >= 4 is 68.3 Å². The fraction of sp³-hybridized carbons (Fsp3) is 0.0909. The van der Waals surface area contributed by atoms with Crippen molar-refractivity contribution in [1.29, 1.82) is 0 Å². The summed E-state index contributed by atoms with van der Waals surface area (Å²) in [5.41, 5.74) is 1.06. The van der Waals surface area contributed by atoms with Gasteiger partial charge in [0.05, 0.1) is 5.52 Å². The maximum absolute atomic E-state index is 9.00. The average molecular weight is 229 g/mol. The first-order valence-electron chi connectivity index (χ1n) is 4.19. The molecule has 0 bridgehead atoms. The molecule has 1 aromatic carbocycles. The number of hydrogen-bond donors (Lipinski definition) is 1. The van der Waals surface area contributed by atoms with Crippen molar-refractivity contribution in [3.05, 3.63) is 42.6 Å². The Kier molecular flexibility index (Phi) is 7.82. The molecule has 0 aliphatic rings. The van der Waals surface area contributed by atoms with Crippen LogP contribution >= 0.6 is 0 Å². The number of nitrogens with zero attached hydrogens (tertiary/aromatic N) is 1. The van der Waals surface area contributed by atoms with Gasteiger partial charge in [0.2, 0.25) is 0 Å². The summed E-state index contributed by atoms with van der Waals surface area (Å²) in [6, 6.07) is 12.1. The molecular formula is C11H12KNO2.